The molecule has 8 heteroatoms. The van der Waals surface area contributed by atoms with Crippen LogP contribution in [0.4, 0.5) is 0 Å². The lowest BCUT2D eigenvalue weighted by Gasteiger charge is -1.96. The van der Waals surface area contributed by atoms with Crippen molar-refractivity contribution in [1.82, 2.24) is 20.2 Å². The molecule has 0 aliphatic carbocycles. The minimum Gasteiger partial charge on any atom is -0.445 e. The summed E-state index contributed by atoms with van der Waals surface area (Å²) in [5, 5.41) is 11.6. The Morgan fingerprint density at radius 1 is 1.23 bits per heavy atom. The van der Waals surface area contributed by atoms with Gasteiger partial charge in [0.05, 0.1) is 29.1 Å². The van der Waals surface area contributed by atoms with Gasteiger partial charge in [0.15, 0.2) is 0 Å². The molecule has 0 bridgehead atoms. The summed E-state index contributed by atoms with van der Waals surface area (Å²) < 4.78 is 11.3. The number of aryl methyl sites for hydroxylation is 1. The van der Waals surface area contributed by atoms with Crippen LogP contribution in [0.3, 0.4) is 0 Å². The molecule has 6 nitrogen and oxygen atoms in total. The monoisotopic (exact) mass is 336 g/mol. The van der Waals surface area contributed by atoms with Crippen molar-refractivity contribution in [3.05, 3.63) is 39.8 Å². The molecule has 3 aromatic heterocycles. The second kappa shape index (κ2) is 6.62. The number of oxazole rings is 1. The van der Waals surface area contributed by atoms with Crippen LogP contribution >= 0.6 is 23.1 Å². The van der Waals surface area contributed by atoms with Crippen molar-refractivity contribution in [1.29, 1.82) is 0 Å². The summed E-state index contributed by atoms with van der Waals surface area (Å²) in [6, 6.07) is 0. The van der Waals surface area contributed by atoms with Crippen LogP contribution in [0.15, 0.2) is 25.6 Å². The molecule has 3 rings (SSSR count). The van der Waals surface area contributed by atoms with Gasteiger partial charge in [0.25, 0.3) is 5.22 Å². The molecule has 0 aliphatic heterocycles. The first-order valence-electron chi connectivity index (χ1n) is 6.91. The number of hydrogen-bond donors (Lipinski definition) is 0. The number of thioether (sulfide) groups is 1. The fourth-order valence-corrected chi connectivity index (χ4v) is 3.04. The second-order valence-corrected chi connectivity index (χ2v) is 7.08. The molecule has 0 unspecified atom stereocenters. The minimum atomic E-state index is 0.336. The summed E-state index contributed by atoms with van der Waals surface area (Å²) in [6.45, 7) is 6.12. The summed E-state index contributed by atoms with van der Waals surface area (Å²) >= 11 is 3.04. The quantitative estimate of drug-likeness (QED) is 0.633. The van der Waals surface area contributed by atoms with E-state index in [1.165, 1.54) is 11.8 Å². The van der Waals surface area contributed by atoms with E-state index in [1.54, 1.807) is 17.5 Å². The molecule has 0 fully saturated rings. The molecule has 0 atom stereocenters. The summed E-state index contributed by atoms with van der Waals surface area (Å²) in [7, 11) is 0. The maximum absolute atomic E-state index is 5.64. The number of aromatic nitrogens is 4. The van der Waals surface area contributed by atoms with Crippen LogP contribution in [0.2, 0.25) is 0 Å². The number of rotatable bonds is 6. The smallest absolute Gasteiger partial charge is 0.277 e. The molecule has 3 heterocycles. The molecule has 0 aromatic carbocycles. The van der Waals surface area contributed by atoms with Crippen molar-refractivity contribution in [2.45, 2.75) is 44.1 Å². The van der Waals surface area contributed by atoms with Gasteiger partial charge < -0.3 is 8.83 Å². The highest BCUT2D eigenvalue weighted by atomic mass is 32.2. The van der Waals surface area contributed by atoms with E-state index in [0.29, 0.717) is 35.1 Å². The molecule has 3 aromatic rings. The lowest BCUT2D eigenvalue weighted by Crippen LogP contribution is -1.88. The molecular weight excluding hydrogens is 320 g/mol. The van der Waals surface area contributed by atoms with Crippen molar-refractivity contribution < 1.29 is 8.83 Å². The van der Waals surface area contributed by atoms with Gasteiger partial charge in [-0.1, -0.05) is 25.6 Å². The Balaban J connectivity index is 1.57. The van der Waals surface area contributed by atoms with Crippen molar-refractivity contribution in [3.8, 4) is 0 Å². The van der Waals surface area contributed by atoms with Gasteiger partial charge in [-0.2, -0.15) is 0 Å². The molecule has 0 radical (unpaired) electrons. The van der Waals surface area contributed by atoms with Gasteiger partial charge in [0.1, 0.15) is 5.76 Å². The zero-order valence-electron chi connectivity index (χ0n) is 12.6. The van der Waals surface area contributed by atoms with Gasteiger partial charge in [0.2, 0.25) is 11.8 Å². The topological polar surface area (TPSA) is 77.8 Å². The van der Waals surface area contributed by atoms with Crippen molar-refractivity contribution in [2.24, 2.45) is 0 Å². The Kier molecular flexibility index (Phi) is 4.58. The van der Waals surface area contributed by atoms with E-state index in [-0.39, 0.29) is 0 Å². The SMILES string of the molecule is Cc1nc(Cc2nnc(SCc3ncc(C(C)C)o3)o2)cs1. The molecule has 116 valence electrons. The van der Waals surface area contributed by atoms with E-state index >= 15 is 0 Å². The molecule has 0 saturated heterocycles. The zero-order chi connectivity index (χ0) is 15.5. The summed E-state index contributed by atoms with van der Waals surface area (Å²) in [5.41, 5.74) is 0.956. The van der Waals surface area contributed by atoms with Crippen LogP contribution in [0.1, 0.15) is 48.0 Å². The van der Waals surface area contributed by atoms with E-state index in [1.807, 2.05) is 12.3 Å². The fraction of sp³-hybridized carbons (Fsp3) is 0.429. The third kappa shape index (κ3) is 3.75. The number of hydrogen-bond acceptors (Lipinski definition) is 8. The van der Waals surface area contributed by atoms with E-state index in [0.717, 1.165) is 16.5 Å². The van der Waals surface area contributed by atoms with Crippen LogP contribution in [0.25, 0.3) is 0 Å². The Bertz CT molecular complexity index is 747. The highest BCUT2D eigenvalue weighted by Gasteiger charge is 2.12. The van der Waals surface area contributed by atoms with Gasteiger partial charge in [0, 0.05) is 11.3 Å². The van der Waals surface area contributed by atoms with Crippen molar-refractivity contribution in [2.75, 3.05) is 0 Å². The first-order valence-corrected chi connectivity index (χ1v) is 8.77. The number of thiazole rings is 1. The highest BCUT2D eigenvalue weighted by molar-refractivity contribution is 7.98. The maximum atomic E-state index is 5.64. The molecule has 0 N–H and O–H groups in total. The molecule has 0 aliphatic rings. The standard InChI is InChI=1S/C14H16N4O2S2/c1-8(2)11-5-15-13(19-11)7-22-14-18-17-12(20-14)4-10-6-21-9(3)16-10/h5-6,8H,4,7H2,1-3H3. The molecule has 0 saturated carbocycles. The Hall–Kier alpha value is -1.67. The summed E-state index contributed by atoms with van der Waals surface area (Å²) in [6.07, 6.45) is 2.33. The third-order valence-electron chi connectivity index (χ3n) is 2.91. The van der Waals surface area contributed by atoms with Crippen LogP contribution in [0, 0.1) is 6.92 Å². The predicted octanol–water partition coefficient (Wildman–Crippen LogP) is 3.83. The van der Waals surface area contributed by atoms with E-state index in [9.17, 15) is 0 Å². The third-order valence-corrected chi connectivity index (χ3v) is 4.53. The predicted molar refractivity (Wildman–Crippen MR) is 84.1 cm³/mol. The number of nitrogens with zero attached hydrogens (tertiary/aromatic N) is 4. The van der Waals surface area contributed by atoms with Crippen LogP contribution in [-0.2, 0) is 12.2 Å². The molecule has 0 amide bonds. The van der Waals surface area contributed by atoms with Crippen molar-refractivity contribution >= 4 is 23.1 Å². The van der Waals surface area contributed by atoms with E-state index < -0.39 is 0 Å². The average Bonchev–Trinajstić information content (AvgIpc) is 3.18. The maximum Gasteiger partial charge on any atom is 0.277 e. The lowest BCUT2D eigenvalue weighted by atomic mass is 10.2. The average molecular weight is 336 g/mol. The highest BCUT2D eigenvalue weighted by Crippen LogP contribution is 2.24. The summed E-state index contributed by atoms with van der Waals surface area (Å²) in [5.74, 6) is 3.04. The zero-order valence-corrected chi connectivity index (χ0v) is 14.2. The van der Waals surface area contributed by atoms with Crippen LogP contribution in [-0.4, -0.2) is 20.2 Å². The Labute approximate surface area is 136 Å². The van der Waals surface area contributed by atoms with Crippen LogP contribution in [0.5, 0.6) is 0 Å². The second-order valence-electron chi connectivity index (χ2n) is 5.10. The largest absolute Gasteiger partial charge is 0.445 e. The lowest BCUT2D eigenvalue weighted by molar-refractivity contribution is 0.417. The Morgan fingerprint density at radius 2 is 2.09 bits per heavy atom. The fourth-order valence-electron chi connectivity index (χ4n) is 1.79. The van der Waals surface area contributed by atoms with Crippen molar-refractivity contribution in [3.63, 3.8) is 0 Å². The van der Waals surface area contributed by atoms with Gasteiger partial charge in [-0.3, -0.25) is 0 Å². The van der Waals surface area contributed by atoms with E-state index in [4.69, 9.17) is 8.83 Å². The normalized spacial score (nSPS) is 11.5. The molecular formula is C14H16N4O2S2. The first kappa shape index (κ1) is 15.2. The van der Waals surface area contributed by atoms with Gasteiger partial charge in [-0.15, -0.1) is 21.5 Å². The Morgan fingerprint density at radius 3 is 2.77 bits per heavy atom. The van der Waals surface area contributed by atoms with Gasteiger partial charge >= 0.3 is 0 Å². The van der Waals surface area contributed by atoms with E-state index in [2.05, 4.69) is 34.0 Å². The molecule has 22 heavy (non-hydrogen) atoms. The minimum absolute atomic E-state index is 0.336. The van der Waals surface area contributed by atoms with Crippen LogP contribution < -0.4 is 0 Å². The molecule has 0 spiro atoms. The first-order chi connectivity index (χ1) is 10.6. The summed E-state index contributed by atoms with van der Waals surface area (Å²) in [4.78, 5) is 8.63. The van der Waals surface area contributed by atoms with Gasteiger partial charge in [-0.05, 0) is 6.92 Å². The van der Waals surface area contributed by atoms with Gasteiger partial charge in [-0.25, -0.2) is 9.97 Å².